The van der Waals surface area contributed by atoms with Gasteiger partial charge in [-0.05, 0) is 86.4 Å². The minimum Gasteiger partial charge on any atom is -0.505 e. The minimum atomic E-state index is 0.193. The fourth-order valence-corrected chi connectivity index (χ4v) is 3.29. The Hall–Kier alpha value is -1.22. The molecule has 5 heteroatoms. The first kappa shape index (κ1) is 22.1. The maximum absolute atomic E-state index is 10.5. The van der Waals surface area contributed by atoms with E-state index >= 15 is 0 Å². The smallest absolute Gasteiger partial charge is 0.146 e. The van der Waals surface area contributed by atoms with E-state index in [-0.39, 0.29) is 5.75 Å². The van der Waals surface area contributed by atoms with Gasteiger partial charge in [-0.1, -0.05) is 24.3 Å². The molecule has 0 atom stereocenters. The quantitative estimate of drug-likeness (QED) is 0.237. The lowest BCUT2D eigenvalue weighted by Crippen LogP contribution is -1.95. The Bertz CT molecular complexity index is 998. The Labute approximate surface area is 184 Å². The molecule has 0 saturated carbocycles. The molecule has 3 nitrogen and oxygen atoms in total. The predicted octanol–water partition coefficient (Wildman–Crippen LogP) is 8.58. The van der Waals surface area contributed by atoms with Crippen LogP contribution in [-0.2, 0) is 0 Å². The summed E-state index contributed by atoms with van der Waals surface area (Å²) >= 11 is 4.24. The lowest BCUT2D eigenvalue weighted by Gasteiger charge is -2.15. The number of hydrogen-bond acceptors (Lipinski definition) is 3. The Kier molecular flexibility index (Phi) is 7.62. The van der Waals surface area contributed by atoms with Crippen molar-refractivity contribution in [3.05, 3.63) is 63.7 Å². The summed E-state index contributed by atoms with van der Waals surface area (Å²) < 4.78 is 0. The average molecular weight is 586 g/mol. The molecule has 0 aliphatic carbocycles. The molecule has 0 spiro atoms. The van der Waals surface area contributed by atoms with Gasteiger partial charge in [0.25, 0.3) is 0 Å². The largest absolute Gasteiger partial charge is 0.505 e. The fourth-order valence-electron chi connectivity index (χ4n) is 3.29. The van der Waals surface area contributed by atoms with Crippen LogP contribution in [0.25, 0.3) is 10.8 Å². The van der Waals surface area contributed by atoms with Gasteiger partial charge in [0.05, 0.1) is 5.69 Å². The van der Waals surface area contributed by atoms with Crippen molar-refractivity contribution in [3.63, 3.8) is 0 Å². The topological polar surface area (TPSA) is 45.0 Å². The zero-order valence-electron chi connectivity index (χ0n) is 16.5. The average Bonchev–Trinajstić information content (AvgIpc) is 2.69. The predicted molar refractivity (Wildman–Crippen MR) is 133 cm³/mol. The molecule has 0 amide bonds. The second-order valence-corrected chi connectivity index (χ2v) is 6.79. The van der Waals surface area contributed by atoms with Crippen LogP contribution >= 0.6 is 37.2 Å². The van der Waals surface area contributed by atoms with Gasteiger partial charge in [0.1, 0.15) is 11.4 Å². The van der Waals surface area contributed by atoms with Crippen molar-refractivity contribution < 1.29 is 5.11 Å². The van der Waals surface area contributed by atoms with E-state index in [1.165, 1.54) is 16.7 Å². The molecule has 0 saturated heterocycles. The SMILES string of the molecule is Cc1cc2ccccc2c(N=Nc2c(C)c(C)c(C)c(C)c2C)c1O.II. The number of halogens is 2. The molecule has 0 unspecified atom stereocenters. The highest BCUT2D eigenvalue weighted by molar-refractivity contribution is 15.0. The number of phenolic OH excluding ortho intramolecular Hbond substituents is 1. The molecule has 27 heavy (non-hydrogen) atoms. The molecule has 3 aromatic rings. The monoisotopic (exact) mass is 586 g/mol. The van der Waals surface area contributed by atoms with E-state index < -0.39 is 0 Å². The molecule has 0 radical (unpaired) electrons. The van der Waals surface area contributed by atoms with Crippen molar-refractivity contribution in [2.45, 2.75) is 41.5 Å². The van der Waals surface area contributed by atoms with Crippen molar-refractivity contribution in [2.75, 3.05) is 0 Å². The van der Waals surface area contributed by atoms with Gasteiger partial charge in [-0.15, -0.1) is 10.2 Å². The van der Waals surface area contributed by atoms with Crippen LogP contribution < -0.4 is 0 Å². The molecule has 1 N–H and O–H groups in total. The molecule has 0 bridgehead atoms. The lowest BCUT2D eigenvalue weighted by atomic mass is 9.93. The minimum absolute atomic E-state index is 0.193. The molecule has 0 aromatic heterocycles. The summed E-state index contributed by atoms with van der Waals surface area (Å²) in [5.74, 6) is 0.193. The van der Waals surface area contributed by atoms with Crippen LogP contribution in [0.5, 0.6) is 5.75 Å². The van der Waals surface area contributed by atoms with E-state index in [0.717, 1.165) is 33.2 Å². The van der Waals surface area contributed by atoms with E-state index in [9.17, 15) is 5.11 Å². The number of hydrogen-bond donors (Lipinski definition) is 1. The number of nitrogens with zero attached hydrogens (tertiary/aromatic N) is 2. The normalized spacial score (nSPS) is 11.0. The zero-order chi connectivity index (χ0) is 20.3. The Morgan fingerprint density at radius 3 is 1.78 bits per heavy atom. The molecule has 0 fully saturated rings. The van der Waals surface area contributed by atoms with E-state index in [1.807, 2.05) is 37.3 Å². The van der Waals surface area contributed by atoms with Gasteiger partial charge >= 0.3 is 0 Å². The first-order valence-corrected chi connectivity index (χ1v) is 15.0. The van der Waals surface area contributed by atoms with E-state index in [0.29, 0.717) is 5.69 Å². The molecule has 142 valence electrons. The van der Waals surface area contributed by atoms with Crippen LogP contribution in [-0.4, -0.2) is 5.11 Å². The Balaban J connectivity index is 0.00000126. The van der Waals surface area contributed by atoms with Crippen molar-refractivity contribution in [3.8, 4) is 5.75 Å². The second-order valence-electron chi connectivity index (χ2n) is 6.79. The summed E-state index contributed by atoms with van der Waals surface area (Å²) in [6.07, 6.45) is 0. The van der Waals surface area contributed by atoms with Gasteiger partial charge in [-0.2, -0.15) is 0 Å². The van der Waals surface area contributed by atoms with Crippen molar-refractivity contribution in [1.29, 1.82) is 0 Å². The van der Waals surface area contributed by atoms with Gasteiger partial charge in [0.2, 0.25) is 0 Å². The molecular weight excluding hydrogens is 562 g/mol. The van der Waals surface area contributed by atoms with E-state index in [4.69, 9.17) is 0 Å². The highest BCUT2D eigenvalue weighted by atomic mass is 128. The lowest BCUT2D eigenvalue weighted by molar-refractivity contribution is 0.473. The van der Waals surface area contributed by atoms with Gasteiger partial charge in [0.15, 0.2) is 0 Å². The van der Waals surface area contributed by atoms with Crippen LogP contribution in [0.1, 0.15) is 33.4 Å². The number of fused-ring (bicyclic) bond motifs is 1. The number of aromatic hydroxyl groups is 1. The third-order valence-electron chi connectivity index (χ3n) is 5.40. The summed E-state index contributed by atoms with van der Waals surface area (Å²) in [6.45, 7) is 12.4. The van der Waals surface area contributed by atoms with E-state index in [2.05, 4.69) is 82.1 Å². The van der Waals surface area contributed by atoms with Gasteiger partial charge < -0.3 is 5.11 Å². The highest BCUT2D eigenvalue weighted by Gasteiger charge is 2.13. The molecule has 0 aliphatic rings. The maximum Gasteiger partial charge on any atom is 0.146 e. The fraction of sp³-hybridized carbons (Fsp3) is 0.273. The van der Waals surface area contributed by atoms with Crippen LogP contribution in [0, 0.1) is 41.5 Å². The van der Waals surface area contributed by atoms with Crippen LogP contribution in [0.4, 0.5) is 11.4 Å². The summed E-state index contributed by atoms with van der Waals surface area (Å²) in [5, 5.41) is 21.5. The standard InChI is InChI=1S/C22H24N2O.I2/c1-12-11-18-9-7-8-10-19(18)21(22(12)25)24-23-20-16(5)14(3)13(2)15(4)17(20)6;1-2/h7-11,25H,1-6H3;. The first-order chi connectivity index (χ1) is 12.8. The summed E-state index contributed by atoms with van der Waals surface area (Å²) in [4.78, 5) is 0. The van der Waals surface area contributed by atoms with Crippen LogP contribution in [0.2, 0.25) is 0 Å². The number of phenols is 1. The molecule has 3 rings (SSSR count). The van der Waals surface area contributed by atoms with Crippen molar-refractivity contribution in [1.82, 2.24) is 0 Å². The highest BCUT2D eigenvalue weighted by Crippen LogP contribution is 2.40. The summed E-state index contributed by atoms with van der Waals surface area (Å²) in [5.41, 5.74) is 8.30. The second kappa shape index (κ2) is 9.32. The molecular formula is C22H24I2N2O. The third-order valence-corrected chi connectivity index (χ3v) is 5.40. The Morgan fingerprint density at radius 2 is 1.19 bits per heavy atom. The number of rotatable bonds is 2. The van der Waals surface area contributed by atoms with Crippen molar-refractivity contribution >= 4 is 59.4 Å². The van der Waals surface area contributed by atoms with E-state index in [1.54, 1.807) is 0 Å². The van der Waals surface area contributed by atoms with Gasteiger partial charge in [-0.3, -0.25) is 0 Å². The van der Waals surface area contributed by atoms with Crippen molar-refractivity contribution in [2.24, 2.45) is 10.2 Å². The Morgan fingerprint density at radius 1 is 0.704 bits per heavy atom. The number of aryl methyl sites for hydroxylation is 1. The molecule has 3 aromatic carbocycles. The third kappa shape index (κ3) is 4.29. The zero-order valence-corrected chi connectivity index (χ0v) is 20.8. The summed E-state index contributed by atoms with van der Waals surface area (Å²) in [6, 6.07) is 9.90. The summed E-state index contributed by atoms with van der Waals surface area (Å²) in [7, 11) is 0. The van der Waals surface area contributed by atoms with Crippen LogP contribution in [0.3, 0.4) is 0 Å². The first-order valence-electron chi connectivity index (χ1n) is 8.67. The maximum atomic E-state index is 10.5. The van der Waals surface area contributed by atoms with Crippen LogP contribution in [0.15, 0.2) is 40.6 Å². The number of benzene rings is 3. The molecule has 0 aliphatic heterocycles. The molecule has 0 heterocycles. The van der Waals surface area contributed by atoms with Gasteiger partial charge in [-0.25, -0.2) is 0 Å². The number of azo groups is 1. The van der Waals surface area contributed by atoms with Gasteiger partial charge in [0, 0.05) is 42.6 Å².